The van der Waals surface area contributed by atoms with Gasteiger partial charge in [-0.05, 0) is 19.1 Å². The van der Waals surface area contributed by atoms with Crippen molar-refractivity contribution in [1.82, 2.24) is 20.2 Å². The third kappa shape index (κ3) is 2.46. The number of nitrogens with one attached hydrogen (secondary N) is 2. The van der Waals surface area contributed by atoms with Crippen molar-refractivity contribution in [2.24, 2.45) is 0 Å². The third-order valence-electron chi connectivity index (χ3n) is 3.72. The molecule has 2 aromatic rings. The highest BCUT2D eigenvalue weighted by molar-refractivity contribution is 5.93. The highest BCUT2D eigenvalue weighted by Crippen LogP contribution is 2.23. The van der Waals surface area contributed by atoms with Crippen molar-refractivity contribution in [3.05, 3.63) is 68.7 Å². The molecule has 22 heavy (non-hydrogen) atoms. The van der Waals surface area contributed by atoms with Crippen molar-refractivity contribution >= 4 is 5.91 Å². The maximum Gasteiger partial charge on any atom is 0.266 e. The van der Waals surface area contributed by atoms with Crippen LogP contribution in [0.4, 0.5) is 0 Å². The van der Waals surface area contributed by atoms with Crippen LogP contribution in [0.2, 0.25) is 0 Å². The van der Waals surface area contributed by atoms with E-state index in [2.05, 4.69) is 10.9 Å². The van der Waals surface area contributed by atoms with Gasteiger partial charge in [0.2, 0.25) is 0 Å². The topological polar surface area (TPSA) is 85.1 Å². The summed E-state index contributed by atoms with van der Waals surface area (Å²) >= 11 is 0. The second-order valence-corrected chi connectivity index (χ2v) is 5.26. The minimum absolute atomic E-state index is 0.118. The fourth-order valence-electron chi connectivity index (χ4n) is 2.69. The number of hydrogen-bond acceptors (Lipinski definition) is 4. The Morgan fingerprint density at radius 2 is 1.68 bits per heavy atom. The van der Waals surface area contributed by atoms with E-state index < -0.39 is 6.17 Å². The molecule has 3 rings (SSSR count). The molecule has 0 saturated heterocycles. The first-order chi connectivity index (χ1) is 10.6. The van der Waals surface area contributed by atoms with Crippen LogP contribution in [0, 0.1) is 0 Å². The molecule has 2 atom stereocenters. The second kappa shape index (κ2) is 5.61. The number of carbonyl (C=O) groups is 1. The first kappa shape index (κ1) is 14.3. The van der Waals surface area contributed by atoms with E-state index >= 15 is 0 Å². The number of carbonyl (C=O) groups excluding carboxylic acids is 1. The van der Waals surface area contributed by atoms with Crippen LogP contribution < -0.4 is 22.0 Å². The van der Waals surface area contributed by atoms with E-state index in [0.717, 1.165) is 0 Å². The second-order valence-electron chi connectivity index (χ2n) is 5.26. The van der Waals surface area contributed by atoms with Gasteiger partial charge in [-0.25, -0.2) is 14.8 Å². The van der Waals surface area contributed by atoms with Crippen molar-refractivity contribution in [3.8, 4) is 0 Å². The summed E-state index contributed by atoms with van der Waals surface area (Å²) in [4.78, 5) is 35.9. The van der Waals surface area contributed by atoms with Gasteiger partial charge in [-0.1, -0.05) is 18.2 Å². The lowest BCUT2D eigenvalue weighted by Gasteiger charge is -2.16. The number of hydrazine groups is 1. The highest BCUT2D eigenvalue weighted by Gasteiger charge is 2.29. The van der Waals surface area contributed by atoms with E-state index in [9.17, 15) is 14.4 Å². The zero-order valence-corrected chi connectivity index (χ0v) is 12.0. The zero-order valence-electron chi connectivity index (χ0n) is 12.0. The smallest absolute Gasteiger partial charge is 0.266 e. The van der Waals surface area contributed by atoms with E-state index in [-0.39, 0.29) is 23.1 Å². The summed E-state index contributed by atoms with van der Waals surface area (Å²) in [6.45, 7) is 1.86. The van der Waals surface area contributed by atoms with Crippen molar-refractivity contribution in [1.29, 1.82) is 0 Å². The Bertz CT molecular complexity index is 810. The Morgan fingerprint density at radius 1 is 1.05 bits per heavy atom. The molecule has 0 aliphatic carbocycles. The van der Waals surface area contributed by atoms with Crippen molar-refractivity contribution in [3.63, 3.8) is 0 Å². The summed E-state index contributed by atoms with van der Waals surface area (Å²) in [5.74, 6) is -0.293. The minimum Gasteiger partial charge on any atom is -0.285 e. The summed E-state index contributed by atoms with van der Waals surface area (Å²) in [6, 6.07) is 11.1. The van der Waals surface area contributed by atoms with Crippen molar-refractivity contribution in [2.45, 2.75) is 25.6 Å². The van der Waals surface area contributed by atoms with Crippen LogP contribution in [0.3, 0.4) is 0 Å². The molecule has 7 nitrogen and oxygen atoms in total. The van der Waals surface area contributed by atoms with E-state index in [1.54, 1.807) is 24.3 Å². The van der Waals surface area contributed by atoms with Crippen molar-refractivity contribution in [2.75, 3.05) is 0 Å². The van der Waals surface area contributed by atoms with Crippen LogP contribution in [0.25, 0.3) is 0 Å². The molecule has 2 heterocycles. The molecule has 1 aromatic carbocycles. The Kier molecular flexibility index (Phi) is 3.64. The summed E-state index contributed by atoms with van der Waals surface area (Å²) in [5.41, 5.74) is 5.42. The predicted octanol–water partition coefficient (Wildman–Crippen LogP) is 0.408. The number of hydrogen-bond donors (Lipinski definition) is 2. The monoisotopic (exact) mass is 300 g/mol. The van der Waals surface area contributed by atoms with Gasteiger partial charge in [0.1, 0.15) is 6.17 Å². The standard InChI is InChI=1S/C15H16N4O3/c1-10-9-12(19-14(21)8-7-13(20)18(10)19)16-17-15(22)11-5-3-2-4-6-11/h2-8,10,12,16H,9H2,1H3,(H,17,22). The van der Waals surface area contributed by atoms with Gasteiger partial charge in [-0.15, -0.1) is 0 Å². The lowest BCUT2D eigenvalue weighted by molar-refractivity contribution is 0.0915. The highest BCUT2D eigenvalue weighted by atomic mass is 16.2. The van der Waals surface area contributed by atoms with Crippen molar-refractivity contribution < 1.29 is 4.79 Å². The quantitative estimate of drug-likeness (QED) is 0.804. The van der Waals surface area contributed by atoms with Crippen LogP contribution in [-0.4, -0.2) is 15.3 Å². The molecule has 0 bridgehead atoms. The molecule has 0 saturated carbocycles. The maximum atomic E-state index is 12.0. The first-order valence-corrected chi connectivity index (χ1v) is 7.03. The summed E-state index contributed by atoms with van der Waals surface area (Å²) in [5, 5.41) is 0. The lowest BCUT2D eigenvalue weighted by atomic mass is 10.2. The summed E-state index contributed by atoms with van der Waals surface area (Å²) in [7, 11) is 0. The van der Waals surface area contributed by atoms with Gasteiger partial charge in [0.15, 0.2) is 0 Å². The number of nitrogens with zero attached hydrogens (tertiary/aromatic N) is 2. The fraction of sp³-hybridized carbons (Fsp3) is 0.267. The largest absolute Gasteiger partial charge is 0.285 e. The molecular weight excluding hydrogens is 284 g/mol. The number of aromatic nitrogens is 2. The SMILES string of the molecule is CC1CC(NNC(=O)c2ccccc2)n2c(=O)ccc(=O)n21. The van der Waals surface area contributed by atoms with Crippen LogP contribution in [0.5, 0.6) is 0 Å². The van der Waals surface area contributed by atoms with Gasteiger partial charge in [-0.3, -0.25) is 19.8 Å². The van der Waals surface area contributed by atoms with Gasteiger partial charge in [-0.2, -0.15) is 0 Å². The molecule has 1 amide bonds. The van der Waals surface area contributed by atoms with E-state index in [4.69, 9.17) is 0 Å². The van der Waals surface area contributed by atoms with Gasteiger partial charge in [0, 0.05) is 24.1 Å². The van der Waals surface area contributed by atoms with Crippen LogP contribution in [0.1, 0.15) is 35.9 Å². The normalized spacial score (nSPS) is 19.7. The average molecular weight is 300 g/mol. The number of fused-ring (bicyclic) bond motifs is 1. The predicted molar refractivity (Wildman–Crippen MR) is 80.4 cm³/mol. The molecule has 0 radical (unpaired) electrons. The van der Waals surface area contributed by atoms with Gasteiger partial charge >= 0.3 is 0 Å². The third-order valence-corrected chi connectivity index (χ3v) is 3.72. The molecule has 0 fully saturated rings. The molecule has 1 aromatic heterocycles. The molecule has 114 valence electrons. The Morgan fingerprint density at radius 3 is 2.36 bits per heavy atom. The molecule has 0 spiro atoms. The zero-order chi connectivity index (χ0) is 15.7. The molecule has 1 aliphatic heterocycles. The molecule has 2 N–H and O–H groups in total. The van der Waals surface area contributed by atoms with E-state index in [0.29, 0.717) is 12.0 Å². The Hall–Kier alpha value is -2.67. The number of benzene rings is 1. The molecule has 1 aliphatic rings. The van der Waals surface area contributed by atoms with Gasteiger partial charge in [0.05, 0.1) is 6.04 Å². The minimum atomic E-state index is -0.455. The fourth-order valence-corrected chi connectivity index (χ4v) is 2.69. The summed E-state index contributed by atoms with van der Waals surface area (Å²) < 4.78 is 2.76. The lowest BCUT2D eigenvalue weighted by Crippen LogP contribution is -2.45. The summed E-state index contributed by atoms with van der Waals surface area (Å²) in [6.07, 6.45) is 0.0814. The number of rotatable bonds is 3. The average Bonchev–Trinajstić information content (AvgIpc) is 2.87. The first-order valence-electron chi connectivity index (χ1n) is 7.03. The molecular formula is C15H16N4O3. The van der Waals surface area contributed by atoms with Crippen LogP contribution in [-0.2, 0) is 0 Å². The van der Waals surface area contributed by atoms with E-state index in [1.807, 2.05) is 13.0 Å². The Balaban J connectivity index is 1.79. The molecule has 7 heteroatoms. The molecule has 2 unspecified atom stereocenters. The maximum absolute atomic E-state index is 12.0. The van der Waals surface area contributed by atoms with E-state index in [1.165, 1.54) is 21.5 Å². The Labute approximate surface area is 126 Å². The van der Waals surface area contributed by atoms with Crippen LogP contribution in [0.15, 0.2) is 52.1 Å². The van der Waals surface area contributed by atoms with Gasteiger partial charge < -0.3 is 0 Å². The van der Waals surface area contributed by atoms with Gasteiger partial charge in [0.25, 0.3) is 17.0 Å². The number of amides is 1. The van der Waals surface area contributed by atoms with Crippen LogP contribution >= 0.6 is 0 Å².